The lowest BCUT2D eigenvalue weighted by Gasteiger charge is -2.23. The van der Waals surface area contributed by atoms with E-state index in [0.717, 1.165) is 25.9 Å². The predicted molar refractivity (Wildman–Crippen MR) is 58.8 cm³/mol. The molecule has 2 fully saturated rings. The molecule has 5 nitrogen and oxygen atoms in total. The molecular weight excluding hydrogens is 208 g/mol. The highest BCUT2D eigenvalue weighted by Gasteiger charge is 2.54. The van der Waals surface area contributed by atoms with Crippen molar-refractivity contribution in [3.8, 4) is 0 Å². The molecule has 0 bridgehead atoms. The van der Waals surface area contributed by atoms with Crippen LogP contribution in [0.15, 0.2) is 0 Å². The highest BCUT2D eigenvalue weighted by Crippen LogP contribution is 2.47. The second-order valence-electron chi connectivity index (χ2n) is 5.53. The summed E-state index contributed by atoms with van der Waals surface area (Å²) < 4.78 is 10.8. The molecule has 92 valence electrons. The molecule has 5 heteroatoms. The molecule has 1 aliphatic carbocycles. The first kappa shape index (κ1) is 11.7. The average Bonchev–Trinajstić information content (AvgIpc) is 2.75. The van der Waals surface area contributed by atoms with E-state index in [1.54, 1.807) is 0 Å². The summed E-state index contributed by atoms with van der Waals surface area (Å²) in [6, 6.07) is 0.222. The Balaban J connectivity index is 1.73. The van der Waals surface area contributed by atoms with Crippen molar-refractivity contribution in [2.24, 2.45) is 0 Å². The van der Waals surface area contributed by atoms with Gasteiger partial charge < -0.3 is 9.47 Å². The van der Waals surface area contributed by atoms with Crippen molar-refractivity contribution < 1.29 is 14.3 Å². The summed E-state index contributed by atoms with van der Waals surface area (Å²) in [5.74, 6) is 0. The maximum Gasteiger partial charge on any atom is 0.422 e. The standard InChI is InChI=1S/C11H20N2O3/c1-10(2,3)16-9(14)13-12-8-4-7-15-11(8)5-6-11/h8,12H,4-7H2,1-3H3,(H,13,14). The lowest BCUT2D eigenvalue weighted by Crippen LogP contribution is -2.50. The molecule has 1 heterocycles. The zero-order chi connectivity index (χ0) is 11.8. The SMILES string of the molecule is CC(C)(C)OC(=O)NNC1CCOC12CC2. The fourth-order valence-corrected chi connectivity index (χ4v) is 2.01. The van der Waals surface area contributed by atoms with Crippen molar-refractivity contribution in [1.82, 2.24) is 10.9 Å². The quantitative estimate of drug-likeness (QED) is 0.700. The van der Waals surface area contributed by atoms with Gasteiger partial charge >= 0.3 is 6.09 Å². The zero-order valence-corrected chi connectivity index (χ0v) is 10.1. The van der Waals surface area contributed by atoms with Crippen LogP contribution >= 0.6 is 0 Å². The van der Waals surface area contributed by atoms with Gasteiger partial charge in [0, 0.05) is 6.61 Å². The molecule has 1 aliphatic heterocycles. The minimum absolute atomic E-state index is 0.00495. The van der Waals surface area contributed by atoms with Crippen LogP contribution in [0.4, 0.5) is 4.79 Å². The van der Waals surface area contributed by atoms with Crippen molar-refractivity contribution in [2.45, 2.75) is 57.3 Å². The van der Waals surface area contributed by atoms with E-state index in [0.29, 0.717) is 0 Å². The van der Waals surface area contributed by atoms with Gasteiger partial charge in [-0.1, -0.05) is 0 Å². The third kappa shape index (κ3) is 2.65. The average molecular weight is 228 g/mol. The molecule has 2 aliphatic rings. The highest BCUT2D eigenvalue weighted by atomic mass is 16.6. The Hall–Kier alpha value is -0.810. The number of carbonyl (C=O) groups excluding carboxylic acids is 1. The molecule has 1 unspecified atom stereocenters. The van der Waals surface area contributed by atoms with E-state index in [1.807, 2.05) is 20.8 Å². The maximum atomic E-state index is 11.4. The molecule has 2 rings (SSSR count). The van der Waals surface area contributed by atoms with Gasteiger partial charge in [0.15, 0.2) is 0 Å². The van der Waals surface area contributed by atoms with E-state index in [4.69, 9.17) is 9.47 Å². The minimum Gasteiger partial charge on any atom is -0.443 e. The van der Waals surface area contributed by atoms with Crippen LogP contribution in [0.1, 0.15) is 40.0 Å². The van der Waals surface area contributed by atoms with Gasteiger partial charge in [-0.05, 0) is 40.0 Å². The summed E-state index contributed by atoms with van der Waals surface area (Å²) >= 11 is 0. The summed E-state index contributed by atoms with van der Waals surface area (Å²) in [4.78, 5) is 11.4. The van der Waals surface area contributed by atoms with Gasteiger partial charge in [0.05, 0.1) is 11.6 Å². The van der Waals surface area contributed by atoms with E-state index < -0.39 is 11.7 Å². The molecule has 1 spiro atoms. The Morgan fingerprint density at radius 1 is 1.44 bits per heavy atom. The molecule has 16 heavy (non-hydrogen) atoms. The number of hydrazine groups is 1. The monoisotopic (exact) mass is 228 g/mol. The van der Waals surface area contributed by atoms with Gasteiger partial charge in [0.1, 0.15) is 5.60 Å². The molecule has 1 amide bonds. The number of rotatable bonds is 2. The Kier molecular flexibility index (Phi) is 2.84. The van der Waals surface area contributed by atoms with Crippen molar-refractivity contribution in [2.75, 3.05) is 6.61 Å². The van der Waals surface area contributed by atoms with Crippen LogP contribution in [0.3, 0.4) is 0 Å². The van der Waals surface area contributed by atoms with Gasteiger partial charge in [-0.25, -0.2) is 10.2 Å². The summed E-state index contributed by atoms with van der Waals surface area (Å²) in [5, 5.41) is 0. The first-order chi connectivity index (χ1) is 7.41. The Morgan fingerprint density at radius 2 is 2.12 bits per heavy atom. The van der Waals surface area contributed by atoms with Crippen LogP contribution in [-0.4, -0.2) is 29.9 Å². The van der Waals surface area contributed by atoms with E-state index in [2.05, 4.69) is 10.9 Å². The van der Waals surface area contributed by atoms with Crippen LogP contribution in [0.2, 0.25) is 0 Å². The van der Waals surface area contributed by atoms with Gasteiger partial charge in [-0.15, -0.1) is 0 Å². The molecule has 2 N–H and O–H groups in total. The van der Waals surface area contributed by atoms with Crippen LogP contribution in [0.25, 0.3) is 0 Å². The lowest BCUT2D eigenvalue weighted by atomic mass is 10.1. The first-order valence-corrected chi connectivity index (χ1v) is 5.80. The zero-order valence-electron chi connectivity index (χ0n) is 10.1. The van der Waals surface area contributed by atoms with Crippen molar-refractivity contribution in [1.29, 1.82) is 0 Å². The number of hydrogen-bond donors (Lipinski definition) is 2. The molecule has 0 aromatic carbocycles. The van der Waals surface area contributed by atoms with E-state index in [1.165, 1.54) is 0 Å². The number of nitrogens with one attached hydrogen (secondary N) is 2. The largest absolute Gasteiger partial charge is 0.443 e. The highest BCUT2D eigenvalue weighted by molar-refractivity contribution is 5.67. The third-order valence-electron chi connectivity index (χ3n) is 2.92. The molecular formula is C11H20N2O3. The smallest absolute Gasteiger partial charge is 0.422 e. The topological polar surface area (TPSA) is 59.6 Å². The molecule has 0 aromatic heterocycles. The summed E-state index contributed by atoms with van der Waals surface area (Å²) in [5.41, 5.74) is 5.12. The normalized spacial score (nSPS) is 26.8. The van der Waals surface area contributed by atoms with Crippen molar-refractivity contribution in [3.05, 3.63) is 0 Å². The maximum absolute atomic E-state index is 11.4. The summed E-state index contributed by atoms with van der Waals surface area (Å²) in [6.07, 6.45) is 2.67. The van der Waals surface area contributed by atoms with E-state index in [9.17, 15) is 4.79 Å². The van der Waals surface area contributed by atoms with E-state index in [-0.39, 0.29) is 11.6 Å². The second kappa shape index (κ2) is 3.89. The van der Waals surface area contributed by atoms with Crippen molar-refractivity contribution >= 4 is 6.09 Å². The third-order valence-corrected chi connectivity index (χ3v) is 2.92. The van der Waals surface area contributed by atoms with Gasteiger partial charge in [0.25, 0.3) is 0 Å². The predicted octanol–water partition coefficient (Wildman–Crippen LogP) is 1.34. The van der Waals surface area contributed by atoms with Gasteiger partial charge in [-0.3, -0.25) is 5.43 Å². The summed E-state index contributed by atoms with van der Waals surface area (Å²) in [7, 11) is 0. The molecule has 0 aromatic rings. The number of amides is 1. The van der Waals surface area contributed by atoms with Crippen LogP contribution in [-0.2, 0) is 9.47 Å². The minimum atomic E-state index is -0.463. The lowest BCUT2D eigenvalue weighted by molar-refractivity contribution is 0.0440. The van der Waals surface area contributed by atoms with Crippen LogP contribution < -0.4 is 10.9 Å². The van der Waals surface area contributed by atoms with Gasteiger partial charge in [0.2, 0.25) is 0 Å². The molecule has 1 saturated carbocycles. The molecule has 1 atom stereocenters. The summed E-state index contributed by atoms with van der Waals surface area (Å²) in [6.45, 7) is 6.29. The molecule has 0 radical (unpaired) electrons. The van der Waals surface area contributed by atoms with Crippen molar-refractivity contribution in [3.63, 3.8) is 0 Å². The Labute approximate surface area is 95.8 Å². The van der Waals surface area contributed by atoms with E-state index >= 15 is 0 Å². The second-order valence-corrected chi connectivity index (χ2v) is 5.53. The molecule has 1 saturated heterocycles. The van der Waals surface area contributed by atoms with Crippen LogP contribution in [0.5, 0.6) is 0 Å². The van der Waals surface area contributed by atoms with Gasteiger partial charge in [-0.2, -0.15) is 0 Å². The Bertz CT molecular complexity index is 281. The fourth-order valence-electron chi connectivity index (χ4n) is 2.01. The number of hydrogen-bond acceptors (Lipinski definition) is 4. The fraction of sp³-hybridized carbons (Fsp3) is 0.909. The van der Waals surface area contributed by atoms with Crippen LogP contribution in [0, 0.1) is 0 Å². The number of carbonyl (C=O) groups is 1. The first-order valence-electron chi connectivity index (χ1n) is 5.80. The Morgan fingerprint density at radius 3 is 2.69 bits per heavy atom. The number of ether oxygens (including phenoxy) is 2.